The summed E-state index contributed by atoms with van der Waals surface area (Å²) in [6.45, 7) is 0. The number of carbonyl (C=O) groups excluding carboxylic acids is 1. The number of nitrogens with one attached hydrogen (secondary N) is 1. The Kier molecular flexibility index (Phi) is 4.51. The number of hydrogen-bond acceptors (Lipinski definition) is 4. The Bertz CT molecular complexity index is 833. The van der Waals surface area contributed by atoms with Crippen molar-refractivity contribution in [1.82, 2.24) is 3.89 Å². The topological polar surface area (TPSA) is 86.3 Å². The average molecular weight is 338 g/mol. The van der Waals surface area contributed by atoms with E-state index in [1.165, 1.54) is 62.6 Å². The number of rotatable bonds is 4. The predicted octanol–water partition coefficient (Wildman–Crippen LogP) is 2.11. The van der Waals surface area contributed by atoms with E-state index >= 15 is 0 Å². The molecule has 0 aliphatic rings. The van der Waals surface area contributed by atoms with Crippen LogP contribution in [0.3, 0.4) is 0 Å². The van der Waals surface area contributed by atoms with Crippen molar-refractivity contribution < 1.29 is 22.2 Å². The number of nitrogens with zero attached hydrogens (tertiary/aromatic N) is 1. The summed E-state index contributed by atoms with van der Waals surface area (Å²) in [7, 11) is -2.20. The summed E-state index contributed by atoms with van der Waals surface area (Å²) in [5, 5.41) is 2.56. The lowest BCUT2D eigenvalue weighted by molar-refractivity contribution is 0.102. The van der Waals surface area contributed by atoms with E-state index in [1.54, 1.807) is 0 Å². The fourth-order valence-corrected chi connectivity index (χ4v) is 2.22. The first-order valence-corrected chi connectivity index (χ1v) is 7.95. The maximum Gasteiger partial charge on any atom is 0.258 e. The van der Waals surface area contributed by atoms with E-state index in [0.29, 0.717) is 5.69 Å². The van der Waals surface area contributed by atoms with E-state index in [0.717, 1.165) is 0 Å². The van der Waals surface area contributed by atoms with E-state index in [1.807, 2.05) is 0 Å². The van der Waals surface area contributed by atoms with Gasteiger partial charge in [0.1, 0.15) is 11.5 Å². The summed E-state index contributed by atoms with van der Waals surface area (Å²) in [5.74, 6) is -0.925. The fourth-order valence-electron chi connectivity index (χ4n) is 1.85. The molecule has 1 N–H and O–H groups in total. The third-order valence-corrected chi connectivity index (χ3v) is 4.72. The van der Waals surface area contributed by atoms with Crippen LogP contribution in [0.15, 0.2) is 48.5 Å². The first-order chi connectivity index (χ1) is 10.6. The molecule has 0 spiro atoms. The molecular weight excluding hydrogens is 323 g/mol. The van der Waals surface area contributed by atoms with Crippen LogP contribution in [0.4, 0.5) is 15.8 Å². The van der Waals surface area contributed by atoms with Crippen LogP contribution in [0.1, 0.15) is 10.4 Å². The number of benzene rings is 2. The number of halogens is 1. The number of quaternary nitrogens is 1. The van der Waals surface area contributed by atoms with Crippen molar-refractivity contribution in [2.75, 3.05) is 19.4 Å². The lowest BCUT2D eigenvalue weighted by atomic mass is 10.1. The van der Waals surface area contributed by atoms with Crippen LogP contribution in [-0.4, -0.2) is 33.0 Å². The first kappa shape index (κ1) is 17.1. The van der Waals surface area contributed by atoms with Crippen LogP contribution < -0.4 is 9.21 Å². The molecular formula is C15H15FN2O4S. The number of anilines is 1. The number of hydrogen-bond donors (Lipinski definition) is 1. The maximum atomic E-state index is 12.8. The van der Waals surface area contributed by atoms with Crippen molar-refractivity contribution in [2.45, 2.75) is 0 Å². The highest BCUT2D eigenvalue weighted by Gasteiger charge is 2.27. The molecule has 1 amide bonds. The van der Waals surface area contributed by atoms with Gasteiger partial charge in [-0.3, -0.25) is 4.79 Å². The maximum absolute atomic E-state index is 12.8. The summed E-state index contributed by atoms with van der Waals surface area (Å²) < 4.78 is 45.9. The van der Waals surface area contributed by atoms with E-state index in [2.05, 4.69) is 5.32 Å². The quantitative estimate of drug-likeness (QED) is 0.683. The van der Waals surface area contributed by atoms with Gasteiger partial charge < -0.3 is 9.87 Å². The molecule has 0 aromatic heterocycles. The second kappa shape index (κ2) is 6.07. The molecule has 2 aromatic rings. The molecule has 122 valence electrons. The van der Waals surface area contributed by atoms with Crippen molar-refractivity contribution >= 4 is 27.6 Å². The smallest absolute Gasteiger partial charge is 0.258 e. The van der Waals surface area contributed by atoms with Crippen LogP contribution in [-0.2, 0) is 10.3 Å². The predicted molar refractivity (Wildman–Crippen MR) is 84.1 cm³/mol. The van der Waals surface area contributed by atoms with Gasteiger partial charge in [-0.25, -0.2) is 8.28 Å². The molecule has 23 heavy (non-hydrogen) atoms. The minimum atomic E-state index is -4.65. The van der Waals surface area contributed by atoms with E-state index < -0.39 is 25.9 Å². The largest absolute Gasteiger partial charge is 0.701 e. The zero-order chi connectivity index (χ0) is 17.3. The minimum Gasteiger partial charge on any atom is -0.701 e. The van der Waals surface area contributed by atoms with Crippen LogP contribution in [0.5, 0.6) is 0 Å². The molecule has 0 fully saturated rings. The second-order valence-electron chi connectivity index (χ2n) is 5.29. The standard InChI is InChI=1S/C15H15FN2O4S/c1-18(2,23(20,21)22)14-5-3-4-11(10-14)15(19)17-13-8-6-12(16)7-9-13/h3-10H,1-2H3,(H-,17,19,20,21,22). The summed E-state index contributed by atoms with van der Waals surface area (Å²) >= 11 is 0. The molecule has 2 rings (SSSR count). The van der Waals surface area contributed by atoms with Gasteiger partial charge in [0.25, 0.3) is 16.2 Å². The zero-order valence-electron chi connectivity index (χ0n) is 12.5. The average Bonchev–Trinajstić information content (AvgIpc) is 2.48. The Morgan fingerprint density at radius 1 is 1.13 bits per heavy atom. The van der Waals surface area contributed by atoms with Crippen molar-refractivity contribution in [3.63, 3.8) is 0 Å². The third kappa shape index (κ3) is 3.73. The highest BCUT2D eigenvalue weighted by molar-refractivity contribution is 7.85. The third-order valence-electron chi connectivity index (χ3n) is 3.39. The van der Waals surface area contributed by atoms with Gasteiger partial charge in [-0.05, 0) is 30.3 Å². The van der Waals surface area contributed by atoms with Gasteiger partial charge in [-0.2, -0.15) is 8.42 Å². The van der Waals surface area contributed by atoms with E-state index in [-0.39, 0.29) is 11.3 Å². The number of carbonyl (C=O) groups is 1. The molecule has 8 heteroatoms. The molecule has 6 nitrogen and oxygen atoms in total. The van der Waals surface area contributed by atoms with E-state index in [4.69, 9.17) is 0 Å². The molecule has 2 aromatic carbocycles. The SMILES string of the molecule is C[N+](C)(c1cccc(C(=O)Nc2ccc(F)cc2)c1)S(=O)(=O)[O-]. The molecule has 0 saturated carbocycles. The fraction of sp³-hybridized carbons (Fsp3) is 0.133. The molecule has 0 aliphatic heterocycles. The minimum absolute atomic E-state index is 0.159. The lowest BCUT2D eigenvalue weighted by Crippen LogP contribution is -2.46. The van der Waals surface area contributed by atoms with Gasteiger partial charge in [-0.1, -0.05) is 6.07 Å². The van der Waals surface area contributed by atoms with Gasteiger partial charge >= 0.3 is 0 Å². The highest BCUT2D eigenvalue weighted by atomic mass is 32.2. The van der Waals surface area contributed by atoms with Gasteiger partial charge in [0.15, 0.2) is 0 Å². The first-order valence-electron chi connectivity index (χ1n) is 6.59. The normalized spacial score (nSPS) is 12.0. The van der Waals surface area contributed by atoms with Crippen LogP contribution in [0.2, 0.25) is 0 Å². The van der Waals surface area contributed by atoms with Gasteiger partial charge in [-0.15, -0.1) is 0 Å². The van der Waals surface area contributed by atoms with Gasteiger partial charge in [0.2, 0.25) is 0 Å². The molecule has 0 saturated heterocycles. The summed E-state index contributed by atoms with van der Waals surface area (Å²) in [5.41, 5.74) is 0.737. The van der Waals surface area contributed by atoms with E-state index in [9.17, 15) is 22.2 Å². The van der Waals surface area contributed by atoms with Crippen molar-refractivity contribution in [2.24, 2.45) is 0 Å². The molecule has 0 heterocycles. The van der Waals surface area contributed by atoms with Crippen molar-refractivity contribution in [1.29, 1.82) is 0 Å². The Morgan fingerprint density at radius 3 is 2.30 bits per heavy atom. The monoisotopic (exact) mass is 338 g/mol. The second-order valence-corrected chi connectivity index (χ2v) is 7.06. The van der Waals surface area contributed by atoms with Crippen molar-refractivity contribution in [3.05, 3.63) is 59.9 Å². The molecule has 0 atom stereocenters. The number of amides is 1. The summed E-state index contributed by atoms with van der Waals surface area (Å²) in [6, 6.07) is 11.0. The van der Waals surface area contributed by atoms with Gasteiger partial charge in [0, 0.05) is 23.4 Å². The highest BCUT2D eigenvalue weighted by Crippen LogP contribution is 2.24. The summed E-state index contributed by atoms with van der Waals surface area (Å²) in [4.78, 5) is 12.2. The Labute approximate surface area is 133 Å². The molecule has 0 radical (unpaired) electrons. The Balaban J connectivity index is 2.29. The lowest BCUT2D eigenvalue weighted by Gasteiger charge is -2.30. The summed E-state index contributed by atoms with van der Waals surface area (Å²) in [6.07, 6.45) is 0. The zero-order valence-corrected chi connectivity index (χ0v) is 13.3. The van der Waals surface area contributed by atoms with Crippen LogP contribution >= 0.6 is 0 Å². The Morgan fingerprint density at radius 2 is 1.74 bits per heavy atom. The molecule has 0 unspecified atom stereocenters. The molecule has 0 bridgehead atoms. The van der Waals surface area contributed by atoms with Gasteiger partial charge in [0.05, 0.1) is 14.1 Å². The van der Waals surface area contributed by atoms with Crippen molar-refractivity contribution in [3.8, 4) is 0 Å². The Hall–Kier alpha value is -2.29. The van der Waals surface area contributed by atoms with Crippen LogP contribution in [0, 0.1) is 5.82 Å². The molecule has 0 aliphatic carbocycles. The van der Waals surface area contributed by atoms with Crippen LogP contribution in [0.25, 0.3) is 0 Å².